The number of aromatic nitrogens is 1. The Morgan fingerprint density at radius 3 is 2.76 bits per heavy atom. The third-order valence-corrected chi connectivity index (χ3v) is 6.44. The molecule has 10 heteroatoms. The summed E-state index contributed by atoms with van der Waals surface area (Å²) < 4.78 is 11.9. The van der Waals surface area contributed by atoms with Gasteiger partial charge in [-0.25, -0.2) is 15.2 Å². The number of para-hydroxylation sites is 1. The van der Waals surface area contributed by atoms with E-state index in [4.69, 9.17) is 9.15 Å². The highest BCUT2D eigenvalue weighted by atomic mass is 32.1. The first kappa shape index (κ1) is 20.7. The number of hydrogen-bond acceptors (Lipinski definition) is 7. The number of carbonyl (C=O) groups excluding carboxylic acids is 3. The molecule has 4 aromatic rings. The van der Waals surface area contributed by atoms with Gasteiger partial charge in [0.15, 0.2) is 16.5 Å². The molecule has 1 saturated heterocycles. The summed E-state index contributed by atoms with van der Waals surface area (Å²) in [5.41, 5.74) is 2.31. The maximum absolute atomic E-state index is 13.1. The van der Waals surface area contributed by atoms with Crippen LogP contribution in [0.25, 0.3) is 21.0 Å². The van der Waals surface area contributed by atoms with Crippen molar-refractivity contribution in [2.24, 2.45) is 0 Å². The minimum absolute atomic E-state index is 0.0557. The van der Waals surface area contributed by atoms with Crippen LogP contribution in [0.5, 0.6) is 5.75 Å². The fourth-order valence-corrected chi connectivity index (χ4v) is 4.51. The Morgan fingerprint density at radius 1 is 1.15 bits per heavy atom. The van der Waals surface area contributed by atoms with Gasteiger partial charge >= 0.3 is 11.9 Å². The Hall–Kier alpha value is -4.18. The number of furan rings is 1. The molecule has 1 atom stereocenters. The van der Waals surface area contributed by atoms with Crippen LogP contribution in [-0.2, 0) is 10.3 Å². The highest BCUT2D eigenvalue weighted by Gasteiger charge is 2.50. The summed E-state index contributed by atoms with van der Waals surface area (Å²) in [4.78, 5) is 42.9. The number of rotatable bonds is 5. The van der Waals surface area contributed by atoms with Crippen LogP contribution >= 0.6 is 11.3 Å². The molecule has 1 aliphatic rings. The fraction of sp³-hybridized carbons (Fsp3) is 0.130. The van der Waals surface area contributed by atoms with Gasteiger partial charge in [0.05, 0.1) is 17.3 Å². The van der Waals surface area contributed by atoms with Gasteiger partial charge in [0.25, 0.3) is 5.91 Å². The molecule has 33 heavy (non-hydrogen) atoms. The van der Waals surface area contributed by atoms with Gasteiger partial charge in [-0.15, -0.1) is 11.3 Å². The first-order valence-corrected chi connectivity index (χ1v) is 10.8. The number of benzene rings is 2. The van der Waals surface area contributed by atoms with Crippen LogP contribution in [-0.4, -0.2) is 34.9 Å². The van der Waals surface area contributed by atoms with Crippen LogP contribution in [0.2, 0.25) is 0 Å². The van der Waals surface area contributed by atoms with Crippen molar-refractivity contribution >= 4 is 39.4 Å². The number of methoxy groups -OCH3 is 1. The monoisotopic (exact) mass is 462 g/mol. The van der Waals surface area contributed by atoms with Crippen molar-refractivity contribution in [1.82, 2.24) is 20.7 Å². The number of carbonyl (C=O) groups is 3. The molecule has 4 amide bonds. The van der Waals surface area contributed by atoms with Crippen LogP contribution < -0.4 is 15.5 Å². The lowest BCUT2D eigenvalue weighted by Crippen LogP contribution is -2.47. The first-order chi connectivity index (χ1) is 15.9. The third-order valence-electron chi connectivity index (χ3n) is 5.39. The molecule has 166 valence electrons. The standard InChI is InChI=1S/C23H18N4O5S/c1-23(13-6-5-7-14(12-13)31-2)21(29)27(22(30)25-23)26-19(28)16-10-11-17(32-16)20-24-15-8-3-4-9-18(15)33-20/h3-12H,1-2H3,(H,25,30)(H,26,28)/t23-/m1/s1. The summed E-state index contributed by atoms with van der Waals surface area (Å²) in [5.74, 6) is -0.469. The van der Waals surface area contributed by atoms with Crippen molar-refractivity contribution in [2.45, 2.75) is 12.5 Å². The number of thiazole rings is 1. The summed E-state index contributed by atoms with van der Waals surface area (Å²) in [7, 11) is 1.51. The smallest absolute Gasteiger partial charge is 0.344 e. The Labute approximate surface area is 191 Å². The van der Waals surface area contributed by atoms with E-state index in [9.17, 15) is 14.4 Å². The third kappa shape index (κ3) is 3.50. The molecule has 1 fully saturated rings. The molecule has 2 aromatic carbocycles. The summed E-state index contributed by atoms with van der Waals surface area (Å²) >= 11 is 1.43. The van der Waals surface area contributed by atoms with E-state index >= 15 is 0 Å². The van der Waals surface area contributed by atoms with Gasteiger partial charge in [-0.3, -0.25) is 9.59 Å². The SMILES string of the molecule is COc1cccc([C@@]2(C)NC(=O)N(NC(=O)c3ccc(-c4nc5ccccc5s4)o3)C2=O)c1. The van der Waals surface area contributed by atoms with Crippen LogP contribution in [0, 0.1) is 0 Å². The van der Waals surface area contributed by atoms with E-state index in [0.717, 1.165) is 10.2 Å². The zero-order valence-electron chi connectivity index (χ0n) is 17.6. The number of ether oxygens (including phenoxy) is 1. The van der Waals surface area contributed by atoms with Gasteiger partial charge in [-0.05, 0) is 48.9 Å². The van der Waals surface area contributed by atoms with Gasteiger partial charge in [0.2, 0.25) is 0 Å². The number of nitrogens with zero attached hydrogens (tertiary/aromatic N) is 2. The molecule has 0 spiro atoms. The number of imide groups is 1. The van der Waals surface area contributed by atoms with Gasteiger partial charge in [0.1, 0.15) is 11.3 Å². The van der Waals surface area contributed by atoms with E-state index < -0.39 is 23.4 Å². The molecule has 5 rings (SSSR count). The van der Waals surface area contributed by atoms with Gasteiger partial charge in [-0.2, -0.15) is 5.01 Å². The van der Waals surface area contributed by atoms with Crippen LogP contribution in [0.3, 0.4) is 0 Å². The van der Waals surface area contributed by atoms with Crippen molar-refractivity contribution < 1.29 is 23.5 Å². The second kappa shape index (κ2) is 7.75. The average molecular weight is 462 g/mol. The quantitative estimate of drug-likeness (QED) is 0.438. The van der Waals surface area contributed by atoms with E-state index in [0.29, 0.717) is 27.1 Å². The van der Waals surface area contributed by atoms with E-state index in [1.165, 1.54) is 24.5 Å². The number of hydrazine groups is 1. The second-order valence-corrected chi connectivity index (χ2v) is 8.55. The lowest BCUT2D eigenvalue weighted by Gasteiger charge is -2.22. The van der Waals surface area contributed by atoms with Gasteiger partial charge in [-0.1, -0.05) is 24.3 Å². The molecular formula is C23H18N4O5S. The summed E-state index contributed by atoms with van der Waals surface area (Å²) in [6.45, 7) is 1.56. The van der Waals surface area contributed by atoms with E-state index in [1.807, 2.05) is 24.3 Å². The topological polar surface area (TPSA) is 114 Å². The predicted molar refractivity (Wildman–Crippen MR) is 121 cm³/mol. The molecule has 2 N–H and O–H groups in total. The number of nitrogens with one attached hydrogen (secondary N) is 2. The predicted octanol–water partition coefficient (Wildman–Crippen LogP) is 3.68. The molecule has 2 aromatic heterocycles. The second-order valence-electron chi connectivity index (χ2n) is 7.52. The van der Waals surface area contributed by atoms with Gasteiger partial charge < -0.3 is 14.5 Å². The molecule has 0 saturated carbocycles. The maximum Gasteiger partial charge on any atom is 0.344 e. The molecule has 1 aliphatic heterocycles. The molecule has 3 heterocycles. The van der Waals surface area contributed by atoms with Gasteiger partial charge in [0, 0.05) is 0 Å². The summed E-state index contributed by atoms with van der Waals surface area (Å²) in [6.07, 6.45) is 0. The number of amides is 4. The summed E-state index contributed by atoms with van der Waals surface area (Å²) in [5, 5.41) is 3.90. The molecule has 0 radical (unpaired) electrons. The number of urea groups is 1. The molecule has 0 unspecified atom stereocenters. The molecular weight excluding hydrogens is 444 g/mol. The van der Waals surface area contributed by atoms with Crippen molar-refractivity contribution in [1.29, 1.82) is 0 Å². The maximum atomic E-state index is 13.1. The first-order valence-electron chi connectivity index (χ1n) is 9.97. The van der Waals surface area contributed by atoms with Crippen molar-refractivity contribution in [3.63, 3.8) is 0 Å². The van der Waals surface area contributed by atoms with Crippen molar-refractivity contribution in [3.05, 3.63) is 72.0 Å². The Bertz CT molecular complexity index is 1380. The van der Waals surface area contributed by atoms with E-state index in [2.05, 4.69) is 15.7 Å². The highest BCUT2D eigenvalue weighted by Crippen LogP contribution is 2.32. The largest absolute Gasteiger partial charge is 0.497 e. The number of fused-ring (bicyclic) bond motifs is 1. The number of hydrogen-bond donors (Lipinski definition) is 2. The minimum Gasteiger partial charge on any atom is -0.497 e. The van der Waals surface area contributed by atoms with E-state index in [-0.39, 0.29) is 5.76 Å². The Kier molecular flexibility index (Phi) is 4.86. The lowest BCUT2D eigenvalue weighted by atomic mass is 9.92. The van der Waals surface area contributed by atoms with Crippen LogP contribution in [0.1, 0.15) is 23.0 Å². The van der Waals surface area contributed by atoms with E-state index in [1.54, 1.807) is 37.3 Å². The minimum atomic E-state index is -1.37. The highest BCUT2D eigenvalue weighted by molar-refractivity contribution is 7.21. The van der Waals surface area contributed by atoms with Crippen LogP contribution in [0.4, 0.5) is 4.79 Å². The van der Waals surface area contributed by atoms with Crippen molar-refractivity contribution in [3.8, 4) is 16.5 Å². The Balaban J connectivity index is 1.35. The summed E-state index contributed by atoms with van der Waals surface area (Å²) in [6, 6.07) is 16.8. The van der Waals surface area contributed by atoms with Crippen molar-refractivity contribution in [2.75, 3.05) is 7.11 Å². The molecule has 0 bridgehead atoms. The average Bonchev–Trinajstić information content (AvgIpc) is 3.53. The lowest BCUT2D eigenvalue weighted by molar-refractivity contribution is -0.132. The normalized spacial score (nSPS) is 17.9. The molecule has 0 aliphatic carbocycles. The van der Waals surface area contributed by atoms with Crippen LogP contribution in [0.15, 0.2) is 65.1 Å². The molecule has 9 nitrogen and oxygen atoms in total. The fourth-order valence-electron chi connectivity index (χ4n) is 3.58. The Morgan fingerprint density at radius 2 is 1.97 bits per heavy atom. The zero-order valence-corrected chi connectivity index (χ0v) is 18.4. The zero-order chi connectivity index (χ0) is 23.2.